The van der Waals surface area contributed by atoms with Crippen LogP contribution in [0.15, 0.2) is 0 Å². The van der Waals surface area contributed by atoms with E-state index in [1.165, 1.54) is 0 Å². The molecule has 1 saturated heterocycles. The maximum absolute atomic E-state index is 16.1. The van der Waals surface area contributed by atoms with Gasteiger partial charge in [0.1, 0.15) is 11.1 Å². The number of hydrogen-bond acceptors (Lipinski definition) is 5. The Morgan fingerprint density at radius 3 is 1.07 bits per heavy atom. The van der Waals surface area contributed by atoms with Gasteiger partial charge in [-0.1, -0.05) is 145 Å². The summed E-state index contributed by atoms with van der Waals surface area (Å²) in [5, 5.41) is 0. The van der Waals surface area contributed by atoms with Gasteiger partial charge in [-0.3, -0.25) is 9.59 Å². The molecule has 0 radical (unpaired) electrons. The Morgan fingerprint density at radius 2 is 0.778 bits per heavy atom. The molecule has 1 heterocycles. The molecule has 0 unspecified atom stereocenters. The van der Waals surface area contributed by atoms with Gasteiger partial charge in [0.05, 0.1) is 0 Å². The lowest BCUT2D eigenvalue weighted by Crippen LogP contribution is -2.75. The SMILES string of the molecule is CN(C(=O)[C@@](C)(N(C)C(=O)[C@@]1(C)O[C@]1(C)C(=O)OC(C)(C)C(C)(C)C)C(C)(C)C(C)(C(C)(C)C)C(C)(C)C)C(C)(C)C(C)(C)C(C)(C(C)(C)C)C(C)(C)C. The third-order valence-corrected chi connectivity index (χ3v) is 18.0. The van der Waals surface area contributed by atoms with E-state index < -0.39 is 56.0 Å². The lowest BCUT2D eigenvalue weighted by Gasteiger charge is -2.69. The molecule has 1 rings (SSSR count). The highest BCUT2D eigenvalue weighted by atomic mass is 16.7. The Kier molecular flexibility index (Phi) is 12.3. The second-order valence-corrected chi connectivity index (χ2v) is 25.2. The Hall–Kier alpha value is -1.63. The normalized spacial score (nSPS) is 22.7. The highest BCUT2D eigenvalue weighted by Crippen LogP contribution is 2.68. The fourth-order valence-corrected chi connectivity index (χ4v) is 10.8. The molecule has 0 spiro atoms. The van der Waals surface area contributed by atoms with Crippen LogP contribution in [0.2, 0.25) is 0 Å². The topological polar surface area (TPSA) is 79.5 Å². The van der Waals surface area contributed by atoms with Crippen molar-refractivity contribution in [1.29, 1.82) is 0 Å². The van der Waals surface area contributed by atoms with E-state index in [0.29, 0.717) is 0 Å². The predicted molar refractivity (Wildman–Crippen MR) is 227 cm³/mol. The third-order valence-electron chi connectivity index (χ3n) is 18.0. The van der Waals surface area contributed by atoms with E-state index in [-0.39, 0.29) is 38.4 Å². The van der Waals surface area contributed by atoms with Crippen LogP contribution in [0.5, 0.6) is 0 Å². The fraction of sp³-hybridized carbons (Fsp3) is 0.936. The van der Waals surface area contributed by atoms with Crippen molar-refractivity contribution in [3.8, 4) is 0 Å². The predicted octanol–water partition coefficient (Wildman–Crippen LogP) is 11.6. The quantitative estimate of drug-likeness (QED) is 0.164. The van der Waals surface area contributed by atoms with Crippen LogP contribution < -0.4 is 0 Å². The van der Waals surface area contributed by atoms with Crippen LogP contribution in [0.3, 0.4) is 0 Å². The molecule has 7 heteroatoms. The van der Waals surface area contributed by atoms with Gasteiger partial charge in [-0.05, 0) is 86.4 Å². The standard InChI is InChI=1S/C47H90N2O5/c1-34(2,3)42(22,23)53-33(52)45(26)44(25,54-45)32(51)49(30)43(24,40(18,19)47(28,37(10,11)12)38(13,14)15)31(50)48(29)41(20,21)39(16,17)46(27,35(4,5)6)36(7,8)9/h1-30H3/t43-,44-,45-/m1/s1. The molecule has 0 aromatic heterocycles. The van der Waals surface area contributed by atoms with Gasteiger partial charge in [-0.2, -0.15) is 0 Å². The van der Waals surface area contributed by atoms with Gasteiger partial charge in [0.15, 0.2) is 5.60 Å². The molecule has 1 fully saturated rings. The van der Waals surface area contributed by atoms with Gasteiger partial charge in [0.25, 0.3) is 5.91 Å². The van der Waals surface area contributed by atoms with Crippen LogP contribution >= 0.6 is 0 Å². The largest absolute Gasteiger partial charge is 0.457 e. The summed E-state index contributed by atoms with van der Waals surface area (Å²) >= 11 is 0. The van der Waals surface area contributed by atoms with Crippen LogP contribution in [0.1, 0.15) is 194 Å². The Bertz CT molecular complexity index is 1420. The molecule has 2 amide bonds. The van der Waals surface area contributed by atoms with Gasteiger partial charge >= 0.3 is 5.97 Å². The first-order valence-corrected chi connectivity index (χ1v) is 20.5. The minimum atomic E-state index is -1.55. The molecule has 1 aliphatic heterocycles. The fourth-order valence-electron chi connectivity index (χ4n) is 10.8. The third kappa shape index (κ3) is 6.70. The number of esters is 1. The minimum absolute atomic E-state index is 0.124. The monoisotopic (exact) mass is 763 g/mol. The zero-order valence-corrected chi connectivity index (χ0v) is 41.4. The zero-order chi connectivity index (χ0) is 44.3. The number of ether oxygens (including phenoxy) is 2. The molecule has 54 heavy (non-hydrogen) atoms. The van der Waals surface area contributed by atoms with Gasteiger partial charge in [-0.25, -0.2) is 4.79 Å². The van der Waals surface area contributed by atoms with E-state index in [9.17, 15) is 4.79 Å². The highest BCUT2D eigenvalue weighted by molar-refractivity contribution is 6.02. The summed E-state index contributed by atoms with van der Waals surface area (Å²) in [6.07, 6.45) is 0. The van der Waals surface area contributed by atoms with E-state index >= 15 is 9.59 Å². The first-order chi connectivity index (χ1) is 23.0. The summed E-state index contributed by atoms with van der Waals surface area (Å²) in [5.74, 6) is -1.17. The summed E-state index contributed by atoms with van der Waals surface area (Å²) < 4.78 is 12.3. The second kappa shape index (κ2) is 13.2. The lowest BCUT2D eigenvalue weighted by molar-refractivity contribution is -0.209. The van der Waals surface area contributed by atoms with Gasteiger partial charge < -0.3 is 19.3 Å². The summed E-state index contributed by atoms with van der Waals surface area (Å²) in [7, 11) is 3.64. The summed E-state index contributed by atoms with van der Waals surface area (Å²) in [5.41, 5.74) is -9.29. The molecule has 0 aliphatic carbocycles. The summed E-state index contributed by atoms with van der Waals surface area (Å²) in [4.78, 5) is 48.9. The molecule has 318 valence electrons. The van der Waals surface area contributed by atoms with Gasteiger partial charge in [0.2, 0.25) is 11.5 Å². The van der Waals surface area contributed by atoms with Crippen LogP contribution in [0.25, 0.3) is 0 Å². The Morgan fingerprint density at radius 1 is 0.463 bits per heavy atom. The maximum atomic E-state index is 16.1. The number of carbonyl (C=O) groups is 3. The van der Waals surface area contributed by atoms with Crippen molar-refractivity contribution in [1.82, 2.24) is 9.80 Å². The van der Waals surface area contributed by atoms with Crippen molar-refractivity contribution in [3.05, 3.63) is 0 Å². The van der Waals surface area contributed by atoms with E-state index in [4.69, 9.17) is 9.47 Å². The Labute approximate surface area is 335 Å². The molecule has 0 aromatic rings. The number of rotatable bonds is 10. The number of hydrogen-bond donors (Lipinski definition) is 0. The summed E-state index contributed by atoms with van der Waals surface area (Å²) in [6.45, 7) is 60.2. The van der Waals surface area contributed by atoms with Crippen molar-refractivity contribution in [2.45, 2.75) is 222 Å². The van der Waals surface area contributed by atoms with Crippen molar-refractivity contribution in [3.63, 3.8) is 0 Å². The number of amides is 2. The number of epoxide rings is 1. The van der Waals surface area contributed by atoms with E-state index in [1.807, 2.05) is 53.5 Å². The van der Waals surface area contributed by atoms with Crippen molar-refractivity contribution in [2.24, 2.45) is 48.7 Å². The van der Waals surface area contributed by atoms with Crippen molar-refractivity contribution >= 4 is 17.8 Å². The molecule has 1 aliphatic rings. The van der Waals surface area contributed by atoms with E-state index in [0.717, 1.165) is 0 Å². The first-order valence-electron chi connectivity index (χ1n) is 20.5. The summed E-state index contributed by atoms with van der Waals surface area (Å²) in [6, 6.07) is 0. The van der Waals surface area contributed by atoms with Crippen molar-refractivity contribution < 1.29 is 23.9 Å². The molecule has 0 bridgehead atoms. The highest BCUT2D eigenvalue weighted by Gasteiger charge is 2.78. The Balaban J connectivity index is 4.27. The minimum Gasteiger partial charge on any atom is -0.457 e. The molecular formula is C47H90N2O5. The average molecular weight is 763 g/mol. The second-order valence-electron chi connectivity index (χ2n) is 25.2. The molecule has 0 aromatic carbocycles. The zero-order valence-electron chi connectivity index (χ0n) is 41.4. The lowest BCUT2D eigenvalue weighted by atomic mass is 9.40. The number of likely N-dealkylation sites (N-methyl/N-ethyl adjacent to an activating group) is 2. The van der Waals surface area contributed by atoms with Crippen LogP contribution in [0, 0.1) is 48.7 Å². The van der Waals surface area contributed by atoms with E-state index in [1.54, 1.807) is 25.8 Å². The molecule has 7 nitrogen and oxygen atoms in total. The molecule has 0 saturated carbocycles. The van der Waals surface area contributed by atoms with Crippen LogP contribution in [-0.4, -0.2) is 69.6 Å². The average Bonchev–Trinajstić information content (AvgIpc) is 3.53. The maximum Gasteiger partial charge on any atom is 0.342 e. The van der Waals surface area contributed by atoms with Gasteiger partial charge in [-0.15, -0.1) is 0 Å². The smallest absolute Gasteiger partial charge is 0.342 e. The molecular weight excluding hydrogens is 673 g/mol. The first kappa shape index (κ1) is 50.4. The number of carbonyl (C=O) groups excluding carboxylic acids is 3. The molecule has 0 N–H and O–H groups in total. The van der Waals surface area contributed by atoms with E-state index in [2.05, 4.69) is 138 Å². The van der Waals surface area contributed by atoms with Crippen LogP contribution in [-0.2, 0) is 23.9 Å². The van der Waals surface area contributed by atoms with Crippen LogP contribution in [0.4, 0.5) is 0 Å². The van der Waals surface area contributed by atoms with Gasteiger partial charge in [0, 0.05) is 30.5 Å². The van der Waals surface area contributed by atoms with Crippen molar-refractivity contribution in [2.75, 3.05) is 14.1 Å². The number of nitrogens with zero attached hydrogens (tertiary/aromatic N) is 2. The molecule has 3 atom stereocenters.